The third-order valence-electron chi connectivity index (χ3n) is 1.86. The molecule has 1 aromatic rings. The largest absolute Gasteiger partial charge is 0.302 e. The van der Waals surface area contributed by atoms with Crippen LogP contribution in [0.25, 0.3) is 0 Å². The van der Waals surface area contributed by atoms with Gasteiger partial charge in [0.15, 0.2) is 0 Å². The van der Waals surface area contributed by atoms with E-state index in [-0.39, 0.29) is 0 Å². The molecule has 0 unspecified atom stereocenters. The average molecular weight is 194 g/mol. The monoisotopic (exact) mass is 194 g/mol. The zero-order valence-electron chi connectivity index (χ0n) is 7.99. The smallest absolute Gasteiger partial charge is 0.130 e. The number of aldehydes is 1. The normalized spacial score (nSPS) is 10.4. The molecule has 0 heterocycles. The highest BCUT2D eigenvalue weighted by Gasteiger charge is 1.98. The lowest BCUT2D eigenvalue weighted by Gasteiger charge is -2.05. The molecule has 70 valence electrons. The fraction of sp³-hybridized carbons (Fsp3) is 0.364. The summed E-state index contributed by atoms with van der Waals surface area (Å²) in [5, 5.41) is 0. The van der Waals surface area contributed by atoms with E-state index in [4.69, 9.17) is 0 Å². The molecule has 0 aliphatic carbocycles. The summed E-state index contributed by atoms with van der Waals surface area (Å²) in [5.41, 5.74) is 1.34. The van der Waals surface area contributed by atoms with Crippen LogP contribution in [0.2, 0.25) is 0 Å². The lowest BCUT2D eigenvalue weighted by molar-refractivity contribution is -0.105. The van der Waals surface area contributed by atoms with Crippen molar-refractivity contribution in [2.45, 2.75) is 24.7 Å². The van der Waals surface area contributed by atoms with Gasteiger partial charge in [-0.2, -0.15) is 0 Å². The third-order valence-corrected chi connectivity index (χ3v) is 2.77. The molecule has 0 atom stereocenters. The summed E-state index contributed by atoms with van der Waals surface area (Å²) < 4.78 is 0. The number of carbonyl (C=O) groups is 1. The van der Waals surface area contributed by atoms with Crippen LogP contribution in [-0.2, 0) is 4.79 Å². The molecule has 0 saturated heterocycles. The van der Waals surface area contributed by atoms with Gasteiger partial charge in [-0.25, -0.2) is 0 Å². The number of rotatable bonds is 4. The molecule has 0 amide bonds. The Morgan fingerprint density at radius 3 is 2.38 bits per heavy atom. The Hall–Kier alpha value is -0.760. The van der Waals surface area contributed by atoms with Gasteiger partial charge in [0.2, 0.25) is 0 Å². The molecular weight excluding hydrogens is 180 g/mol. The number of hydrogen-bond donors (Lipinski definition) is 0. The van der Waals surface area contributed by atoms with Gasteiger partial charge in [0.25, 0.3) is 0 Å². The Bertz CT molecular complexity index is 264. The van der Waals surface area contributed by atoms with Crippen molar-refractivity contribution in [1.82, 2.24) is 0 Å². The van der Waals surface area contributed by atoms with E-state index >= 15 is 0 Å². The average Bonchev–Trinajstić information content (AvgIpc) is 2.15. The van der Waals surface area contributed by atoms with Gasteiger partial charge in [-0.1, -0.05) is 26.0 Å². The highest BCUT2D eigenvalue weighted by Crippen LogP contribution is 2.20. The molecule has 1 nitrogen and oxygen atoms in total. The van der Waals surface area contributed by atoms with E-state index in [9.17, 15) is 4.79 Å². The minimum atomic E-state index is 0.543. The molecule has 0 saturated carbocycles. The van der Waals surface area contributed by atoms with Gasteiger partial charge >= 0.3 is 0 Å². The summed E-state index contributed by atoms with van der Waals surface area (Å²) >= 11 is 1.57. The van der Waals surface area contributed by atoms with Crippen LogP contribution in [0.4, 0.5) is 0 Å². The quantitative estimate of drug-likeness (QED) is 0.541. The second kappa shape index (κ2) is 5.07. The number of thioether (sulfide) groups is 1. The first kappa shape index (κ1) is 10.3. The lowest BCUT2D eigenvalue weighted by atomic mass is 10.0. The zero-order valence-corrected chi connectivity index (χ0v) is 8.80. The highest BCUT2D eigenvalue weighted by atomic mass is 32.2. The van der Waals surface area contributed by atoms with Gasteiger partial charge in [0.1, 0.15) is 6.29 Å². The van der Waals surface area contributed by atoms with Gasteiger partial charge < -0.3 is 4.79 Å². The Morgan fingerprint density at radius 2 is 1.92 bits per heavy atom. The van der Waals surface area contributed by atoms with Crippen molar-refractivity contribution in [2.24, 2.45) is 0 Å². The highest BCUT2D eigenvalue weighted by molar-refractivity contribution is 7.99. The molecule has 0 spiro atoms. The molecule has 0 aromatic heterocycles. The number of hydrogen-bond acceptors (Lipinski definition) is 2. The Labute approximate surface area is 83.5 Å². The molecule has 0 N–H and O–H groups in total. The van der Waals surface area contributed by atoms with Crippen LogP contribution in [0, 0.1) is 0 Å². The van der Waals surface area contributed by atoms with Crippen molar-refractivity contribution in [3.05, 3.63) is 29.8 Å². The second-order valence-corrected chi connectivity index (χ2v) is 4.29. The van der Waals surface area contributed by atoms with E-state index in [1.807, 2.05) is 0 Å². The van der Waals surface area contributed by atoms with Crippen LogP contribution in [0.5, 0.6) is 0 Å². The summed E-state index contributed by atoms with van der Waals surface area (Å²) in [4.78, 5) is 11.3. The van der Waals surface area contributed by atoms with Crippen LogP contribution in [0.1, 0.15) is 25.3 Å². The molecule has 0 aliphatic heterocycles. The van der Waals surface area contributed by atoms with E-state index in [1.54, 1.807) is 11.8 Å². The van der Waals surface area contributed by atoms with Crippen molar-refractivity contribution in [1.29, 1.82) is 0 Å². The summed E-state index contributed by atoms with van der Waals surface area (Å²) in [7, 11) is 0. The lowest BCUT2D eigenvalue weighted by Crippen LogP contribution is -1.86. The molecule has 0 bridgehead atoms. The van der Waals surface area contributed by atoms with Gasteiger partial charge in [-0.05, 0) is 23.6 Å². The van der Waals surface area contributed by atoms with Gasteiger partial charge in [0.05, 0.1) is 5.75 Å². The first-order chi connectivity index (χ1) is 6.24. The van der Waals surface area contributed by atoms with Crippen LogP contribution in [0.15, 0.2) is 29.2 Å². The molecule has 0 radical (unpaired) electrons. The van der Waals surface area contributed by atoms with Gasteiger partial charge in [0, 0.05) is 4.90 Å². The van der Waals surface area contributed by atoms with Crippen molar-refractivity contribution in [3.63, 3.8) is 0 Å². The predicted octanol–water partition coefficient (Wildman–Crippen LogP) is 3.10. The topological polar surface area (TPSA) is 17.1 Å². The summed E-state index contributed by atoms with van der Waals surface area (Å²) in [6.07, 6.45) is 0.932. The maximum Gasteiger partial charge on any atom is 0.130 e. The maximum atomic E-state index is 10.1. The number of carbonyl (C=O) groups excluding carboxylic acids is 1. The minimum absolute atomic E-state index is 0.543. The van der Waals surface area contributed by atoms with E-state index in [0.717, 1.165) is 11.2 Å². The fourth-order valence-corrected chi connectivity index (χ4v) is 1.67. The third kappa shape index (κ3) is 3.23. The molecule has 1 rings (SSSR count). The van der Waals surface area contributed by atoms with Crippen molar-refractivity contribution in [2.75, 3.05) is 5.75 Å². The Balaban J connectivity index is 2.64. The Morgan fingerprint density at radius 1 is 1.31 bits per heavy atom. The maximum absolute atomic E-state index is 10.1. The summed E-state index contributed by atoms with van der Waals surface area (Å²) in [6, 6.07) is 8.39. The van der Waals surface area contributed by atoms with E-state index in [1.165, 1.54) is 5.56 Å². The molecule has 0 fully saturated rings. The molecular formula is C11H14OS. The van der Waals surface area contributed by atoms with Crippen LogP contribution in [-0.4, -0.2) is 12.0 Å². The molecule has 1 aromatic carbocycles. The van der Waals surface area contributed by atoms with Crippen LogP contribution < -0.4 is 0 Å². The van der Waals surface area contributed by atoms with Crippen LogP contribution in [0.3, 0.4) is 0 Å². The first-order valence-corrected chi connectivity index (χ1v) is 5.39. The predicted molar refractivity (Wildman–Crippen MR) is 57.3 cm³/mol. The van der Waals surface area contributed by atoms with E-state index in [0.29, 0.717) is 11.7 Å². The zero-order chi connectivity index (χ0) is 9.68. The minimum Gasteiger partial charge on any atom is -0.302 e. The van der Waals surface area contributed by atoms with E-state index < -0.39 is 0 Å². The summed E-state index contributed by atoms with van der Waals surface area (Å²) in [6.45, 7) is 4.35. The molecule has 0 aliphatic rings. The second-order valence-electron chi connectivity index (χ2n) is 3.20. The van der Waals surface area contributed by atoms with Gasteiger partial charge in [-0.3, -0.25) is 0 Å². The van der Waals surface area contributed by atoms with Crippen molar-refractivity contribution < 1.29 is 4.79 Å². The molecule has 13 heavy (non-hydrogen) atoms. The summed E-state index contributed by atoms with van der Waals surface area (Å²) in [5.74, 6) is 1.12. The standard InChI is InChI=1S/C11H14OS/c1-9(2)10-3-5-11(6-4-10)13-8-7-12/h3-7,9H,8H2,1-2H3. The first-order valence-electron chi connectivity index (χ1n) is 4.40. The molecule has 2 heteroatoms. The van der Waals surface area contributed by atoms with Crippen LogP contribution >= 0.6 is 11.8 Å². The van der Waals surface area contributed by atoms with E-state index in [2.05, 4.69) is 38.1 Å². The van der Waals surface area contributed by atoms with Crippen molar-refractivity contribution >= 4 is 18.0 Å². The SMILES string of the molecule is CC(C)c1ccc(SCC=O)cc1. The Kier molecular flexibility index (Phi) is 4.03. The fourth-order valence-electron chi connectivity index (χ4n) is 1.08. The van der Waals surface area contributed by atoms with Gasteiger partial charge in [-0.15, -0.1) is 11.8 Å². The van der Waals surface area contributed by atoms with Crippen molar-refractivity contribution in [3.8, 4) is 0 Å². The number of benzene rings is 1.